The van der Waals surface area contributed by atoms with Gasteiger partial charge in [0.05, 0.1) is 5.48 Å². The molecule has 0 saturated carbocycles. The highest BCUT2D eigenvalue weighted by Crippen LogP contribution is 2.21. The summed E-state index contributed by atoms with van der Waals surface area (Å²) in [4.78, 5) is 0. The van der Waals surface area contributed by atoms with Gasteiger partial charge in [0.2, 0.25) is 0 Å². The van der Waals surface area contributed by atoms with Crippen LogP contribution in [0.15, 0.2) is 28.6 Å². The van der Waals surface area contributed by atoms with Gasteiger partial charge in [-0.1, -0.05) is 28.0 Å². The largest absolute Gasteiger partial charge is 0.263 e. The molecule has 0 aliphatic carbocycles. The summed E-state index contributed by atoms with van der Waals surface area (Å²) in [6, 6.07) is -2.35. The third-order valence-electron chi connectivity index (χ3n) is 0.832. The van der Waals surface area contributed by atoms with E-state index in [2.05, 4.69) is 15.9 Å². The van der Waals surface area contributed by atoms with E-state index in [0.717, 1.165) is 0 Å². The monoisotopic (exact) mass is 210 g/mol. The Morgan fingerprint density at radius 3 is 2.80 bits per heavy atom. The zero-order valence-electron chi connectivity index (χ0n) is 8.71. The summed E-state index contributed by atoms with van der Waals surface area (Å²) >= 11 is 2.77. The summed E-state index contributed by atoms with van der Waals surface area (Å²) in [5.41, 5.74) is -0.808. The maximum absolute atomic E-state index is 12.4. The SMILES string of the molecule is [2H]c1c([2H])c(Br)c([2H])c(C(F)F)c1[2H]. The van der Waals surface area contributed by atoms with Crippen LogP contribution in [0.2, 0.25) is 0 Å². The molecule has 0 aliphatic rings. The molecule has 1 aromatic rings. The lowest BCUT2D eigenvalue weighted by Gasteiger charge is -1.97. The predicted octanol–water partition coefficient (Wildman–Crippen LogP) is 3.39. The van der Waals surface area contributed by atoms with Crippen LogP contribution >= 0.6 is 15.9 Å². The third kappa shape index (κ3) is 1.77. The molecule has 0 radical (unpaired) electrons. The van der Waals surface area contributed by atoms with Gasteiger partial charge in [0.1, 0.15) is 0 Å². The van der Waals surface area contributed by atoms with Crippen LogP contribution in [0.5, 0.6) is 0 Å². The van der Waals surface area contributed by atoms with Crippen LogP contribution in [0.25, 0.3) is 0 Å². The Labute approximate surface area is 71.6 Å². The molecule has 0 heterocycles. The summed E-state index contributed by atoms with van der Waals surface area (Å²) in [5.74, 6) is 0. The summed E-state index contributed by atoms with van der Waals surface area (Å²) < 4.78 is 53.4. The average molecular weight is 211 g/mol. The van der Waals surface area contributed by atoms with Crippen LogP contribution in [0, 0.1) is 0 Å². The van der Waals surface area contributed by atoms with Crippen molar-refractivity contribution in [3.8, 4) is 0 Å². The molecule has 0 bridgehead atoms. The van der Waals surface area contributed by atoms with Gasteiger partial charge >= 0.3 is 0 Å². The first-order valence-electron chi connectivity index (χ1n) is 4.41. The van der Waals surface area contributed by atoms with Gasteiger partial charge in [-0.25, -0.2) is 8.78 Å². The number of rotatable bonds is 1. The number of alkyl halides is 2. The molecule has 0 spiro atoms. The van der Waals surface area contributed by atoms with Gasteiger partial charge in [-0.3, -0.25) is 0 Å². The molecule has 0 aromatic heterocycles. The third-order valence-corrected chi connectivity index (χ3v) is 1.23. The van der Waals surface area contributed by atoms with E-state index in [9.17, 15) is 8.78 Å². The van der Waals surface area contributed by atoms with Gasteiger partial charge in [-0.2, -0.15) is 0 Å². The summed E-state index contributed by atoms with van der Waals surface area (Å²) in [7, 11) is 0. The Hall–Kier alpha value is -0.440. The second-order valence-electron chi connectivity index (χ2n) is 1.53. The number of hydrogen-bond acceptors (Lipinski definition) is 0. The summed E-state index contributed by atoms with van der Waals surface area (Å²) in [5, 5.41) is 0. The lowest BCUT2D eigenvalue weighted by Crippen LogP contribution is -1.81. The van der Waals surface area contributed by atoms with Crippen LogP contribution in [0.1, 0.15) is 17.5 Å². The van der Waals surface area contributed by atoms with E-state index in [1.807, 2.05) is 0 Å². The first-order valence-corrected chi connectivity index (χ1v) is 3.21. The Kier molecular flexibility index (Phi) is 1.18. The standard InChI is InChI=1S/C7H5BrF2/c8-6-3-1-2-5(4-6)7(9)10/h1-4,7H/i1D,2D,3D,4D. The quantitative estimate of drug-likeness (QED) is 0.667. The minimum atomic E-state index is -2.98. The normalized spacial score (nSPS) is 16.0. The Morgan fingerprint density at radius 2 is 2.20 bits per heavy atom. The number of benzene rings is 1. The van der Waals surface area contributed by atoms with E-state index < -0.39 is 36.2 Å². The van der Waals surface area contributed by atoms with Gasteiger partial charge < -0.3 is 0 Å². The van der Waals surface area contributed by atoms with Gasteiger partial charge in [0, 0.05) is 10.0 Å². The molecular weight excluding hydrogens is 202 g/mol. The molecule has 0 nitrogen and oxygen atoms in total. The van der Waals surface area contributed by atoms with Crippen molar-refractivity contribution in [1.82, 2.24) is 0 Å². The molecule has 1 aromatic carbocycles. The molecule has 54 valence electrons. The van der Waals surface area contributed by atoms with Crippen molar-refractivity contribution in [3.63, 3.8) is 0 Å². The van der Waals surface area contributed by atoms with Gasteiger partial charge in [0.25, 0.3) is 6.43 Å². The predicted molar refractivity (Wildman–Crippen MR) is 39.1 cm³/mol. The molecule has 0 unspecified atom stereocenters. The number of hydrogen-bond donors (Lipinski definition) is 0. The Morgan fingerprint density at radius 1 is 1.50 bits per heavy atom. The minimum absolute atomic E-state index is 0.172. The van der Waals surface area contributed by atoms with Crippen LogP contribution in [-0.2, 0) is 0 Å². The lowest BCUT2D eigenvalue weighted by atomic mass is 10.2. The molecule has 0 fully saturated rings. The molecule has 0 N–H and O–H groups in total. The zero-order chi connectivity index (χ0) is 11.0. The maximum atomic E-state index is 12.4. The van der Waals surface area contributed by atoms with Crippen molar-refractivity contribution in [1.29, 1.82) is 0 Å². The van der Waals surface area contributed by atoms with E-state index in [-0.39, 0.29) is 4.47 Å². The fourth-order valence-electron chi connectivity index (χ4n) is 0.443. The van der Waals surface area contributed by atoms with Crippen molar-refractivity contribution in [2.24, 2.45) is 0 Å². The fraction of sp³-hybridized carbons (Fsp3) is 0.143. The average Bonchev–Trinajstić information content (AvgIpc) is 2.11. The van der Waals surface area contributed by atoms with Crippen LogP contribution in [0.4, 0.5) is 8.78 Å². The van der Waals surface area contributed by atoms with Crippen LogP contribution in [0.3, 0.4) is 0 Å². The highest BCUT2D eigenvalue weighted by atomic mass is 79.9. The van der Waals surface area contributed by atoms with Crippen molar-refractivity contribution >= 4 is 15.9 Å². The highest BCUT2D eigenvalue weighted by Gasteiger charge is 2.04. The van der Waals surface area contributed by atoms with E-state index in [4.69, 9.17) is 5.48 Å². The maximum Gasteiger partial charge on any atom is 0.263 e. The van der Waals surface area contributed by atoms with E-state index in [1.165, 1.54) is 0 Å². The van der Waals surface area contributed by atoms with Crippen molar-refractivity contribution in [2.45, 2.75) is 6.43 Å². The van der Waals surface area contributed by atoms with Crippen molar-refractivity contribution in [3.05, 3.63) is 34.2 Å². The van der Waals surface area contributed by atoms with E-state index in [1.54, 1.807) is 0 Å². The van der Waals surface area contributed by atoms with Crippen molar-refractivity contribution < 1.29 is 14.3 Å². The molecule has 0 amide bonds. The molecule has 10 heavy (non-hydrogen) atoms. The van der Waals surface area contributed by atoms with E-state index >= 15 is 0 Å². The van der Waals surface area contributed by atoms with Gasteiger partial charge in [-0.15, -0.1) is 0 Å². The molecule has 0 saturated heterocycles. The van der Waals surface area contributed by atoms with Crippen LogP contribution in [-0.4, -0.2) is 0 Å². The smallest absolute Gasteiger partial charge is 0.205 e. The molecule has 0 atom stereocenters. The summed E-state index contributed by atoms with van der Waals surface area (Å²) in [6.45, 7) is 0. The molecule has 0 aliphatic heterocycles. The molecule has 1 rings (SSSR count). The zero-order valence-corrected chi connectivity index (χ0v) is 6.30. The first kappa shape index (κ1) is 3.81. The lowest BCUT2D eigenvalue weighted by molar-refractivity contribution is 0.151. The second kappa shape index (κ2) is 3.10. The first-order chi connectivity index (χ1) is 6.37. The highest BCUT2D eigenvalue weighted by molar-refractivity contribution is 9.10. The Balaban J connectivity index is 3.60. The van der Waals surface area contributed by atoms with Crippen molar-refractivity contribution in [2.75, 3.05) is 0 Å². The van der Waals surface area contributed by atoms with Gasteiger partial charge in [-0.05, 0) is 12.1 Å². The second-order valence-corrected chi connectivity index (χ2v) is 2.32. The fourth-order valence-corrected chi connectivity index (χ4v) is 0.756. The van der Waals surface area contributed by atoms with Gasteiger partial charge in [0.15, 0.2) is 0 Å². The molecular formula is C7H5BrF2. The minimum Gasteiger partial charge on any atom is -0.205 e. The molecule has 3 heteroatoms. The van der Waals surface area contributed by atoms with Crippen LogP contribution < -0.4 is 0 Å². The topological polar surface area (TPSA) is 0 Å². The summed E-state index contributed by atoms with van der Waals surface area (Å²) in [6.07, 6.45) is -2.98. The number of halogens is 3. The Bertz CT molecular complexity index is 351. The van der Waals surface area contributed by atoms with E-state index in [0.29, 0.717) is 0 Å².